The molecule has 0 unspecified atom stereocenters. The normalized spacial score (nSPS) is 11.4. The monoisotopic (exact) mass is 254 g/mol. The number of benzene rings is 1. The fourth-order valence-corrected chi connectivity index (χ4v) is 1.83. The molecule has 0 spiro atoms. The average molecular weight is 255 g/mol. The van der Waals surface area contributed by atoms with Crippen LogP contribution in [0.4, 0.5) is 5.69 Å². The third-order valence-electron chi connectivity index (χ3n) is 2.87. The molecule has 94 valence electrons. The first-order valence-corrected chi connectivity index (χ1v) is 6.00. The third-order valence-corrected chi connectivity index (χ3v) is 3.12. The van der Waals surface area contributed by atoms with E-state index in [0.29, 0.717) is 18.0 Å². The molecule has 0 aliphatic heterocycles. The average Bonchev–Trinajstić information content (AvgIpc) is 2.28. The topological polar surface area (TPSA) is 46.3 Å². The predicted molar refractivity (Wildman–Crippen MR) is 72.3 cm³/mol. The number of nitrogens with zero attached hydrogens (tertiary/aromatic N) is 1. The molecule has 0 bridgehead atoms. The largest absolute Gasteiger partial charge is 0.330 e. The van der Waals surface area contributed by atoms with Gasteiger partial charge >= 0.3 is 0 Å². The molecule has 3 nitrogen and oxygen atoms in total. The molecule has 1 aromatic rings. The highest BCUT2D eigenvalue weighted by atomic mass is 35.5. The number of carbonyl (C=O) groups is 1. The molecule has 0 radical (unpaired) electrons. The van der Waals surface area contributed by atoms with Gasteiger partial charge in [0.1, 0.15) is 0 Å². The maximum Gasteiger partial charge on any atom is 0.232 e. The molecule has 1 rings (SSSR count). The van der Waals surface area contributed by atoms with Crippen LogP contribution < -0.4 is 10.6 Å². The van der Waals surface area contributed by atoms with Gasteiger partial charge in [-0.25, -0.2) is 0 Å². The molecule has 0 saturated heterocycles. The number of rotatable bonds is 4. The maximum absolute atomic E-state index is 12.3. The van der Waals surface area contributed by atoms with E-state index in [1.54, 1.807) is 24.1 Å². The summed E-state index contributed by atoms with van der Waals surface area (Å²) in [5.41, 5.74) is 5.92. The van der Waals surface area contributed by atoms with Crippen LogP contribution >= 0.6 is 11.6 Å². The SMILES string of the molecule is CN(C(=O)C(C)(C)CCN)c1ccc(Cl)cc1. The Morgan fingerprint density at radius 3 is 2.35 bits per heavy atom. The number of halogens is 1. The van der Waals surface area contributed by atoms with Gasteiger partial charge in [0.15, 0.2) is 0 Å². The molecule has 0 fully saturated rings. The zero-order valence-corrected chi connectivity index (χ0v) is 11.3. The molecule has 0 heterocycles. The van der Waals surface area contributed by atoms with Crippen molar-refractivity contribution in [2.24, 2.45) is 11.1 Å². The Balaban J connectivity index is 2.86. The van der Waals surface area contributed by atoms with Crippen LogP contribution in [0.25, 0.3) is 0 Å². The van der Waals surface area contributed by atoms with Crippen LogP contribution in [-0.2, 0) is 4.79 Å². The summed E-state index contributed by atoms with van der Waals surface area (Å²) in [5.74, 6) is 0.0604. The van der Waals surface area contributed by atoms with Crippen molar-refractivity contribution in [1.82, 2.24) is 0 Å². The minimum Gasteiger partial charge on any atom is -0.330 e. The highest BCUT2D eigenvalue weighted by molar-refractivity contribution is 6.30. The highest BCUT2D eigenvalue weighted by Crippen LogP contribution is 2.26. The van der Waals surface area contributed by atoms with Gasteiger partial charge in [0.25, 0.3) is 0 Å². The van der Waals surface area contributed by atoms with Gasteiger partial charge in [0.2, 0.25) is 5.91 Å². The van der Waals surface area contributed by atoms with E-state index in [9.17, 15) is 4.79 Å². The molecule has 0 aliphatic rings. The van der Waals surface area contributed by atoms with Crippen molar-refractivity contribution in [2.75, 3.05) is 18.5 Å². The number of carbonyl (C=O) groups excluding carboxylic acids is 1. The second-order valence-electron chi connectivity index (χ2n) is 4.76. The molecule has 2 N–H and O–H groups in total. The molecule has 1 aromatic carbocycles. The Morgan fingerprint density at radius 1 is 1.35 bits per heavy atom. The number of hydrogen-bond donors (Lipinski definition) is 1. The van der Waals surface area contributed by atoms with Crippen molar-refractivity contribution in [3.05, 3.63) is 29.3 Å². The lowest BCUT2D eigenvalue weighted by molar-refractivity contribution is -0.126. The summed E-state index contributed by atoms with van der Waals surface area (Å²) >= 11 is 5.82. The number of nitrogens with two attached hydrogens (primary N) is 1. The smallest absolute Gasteiger partial charge is 0.232 e. The van der Waals surface area contributed by atoms with Crippen molar-refractivity contribution in [1.29, 1.82) is 0 Å². The van der Waals surface area contributed by atoms with Gasteiger partial charge in [0, 0.05) is 23.2 Å². The molecule has 17 heavy (non-hydrogen) atoms. The lowest BCUT2D eigenvalue weighted by Crippen LogP contribution is -2.39. The lowest BCUT2D eigenvalue weighted by Gasteiger charge is -2.29. The molecule has 0 aromatic heterocycles. The number of amides is 1. The van der Waals surface area contributed by atoms with Crippen LogP contribution in [0.2, 0.25) is 5.02 Å². The van der Waals surface area contributed by atoms with Crippen LogP contribution in [0.3, 0.4) is 0 Å². The summed E-state index contributed by atoms with van der Waals surface area (Å²) in [7, 11) is 1.77. The van der Waals surface area contributed by atoms with Gasteiger partial charge in [0.05, 0.1) is 0 Å². The van der Waals surface area contributed by atoms with Crippen LogP contribution in [0.5, 0.6) is 0 Å². The first kappa shape index (κ1) is 14.0. The molecule has 4 heteroatoms. The zero-order chi connectivity index (χ0) is 13.1. The summed E-state index contributed by atoms with van der Waals surface area (Å²) in [6.07, 6.45) is 0.670. The Kier molecular flexibility index (Phi) is 4.54. The molecular weight excluding hydrogens is 236 g/mol. The molecule has 0 atom stereocenters. The van der Waals surface area contributed by atoms with Crippen LogP contribution in [0.15, 0.2) is 24.3 Å². The Labute approximate surface area is 108 Å². The van der Waals surface area contributed by atoms with Gasteiger partial charge in [-0.15, -0.1) is 0 Å². The van der Waals surface area contributed by atoms with Crippen molar-refractivity contribution >= 4 is 23.2 Å². The van der Waals surface area contributed by atoms with E-state index in [4.69, 9.17) is 17.3 Å². The number of hydrogen-bond acceptors (Lipinski definition) is 2. The van der Waals surface area contributed by atoms with Crippen LogP contribution in [0, 0.1) is 5.41 Å². The molecular formula is C13H19ClN2O. The Hall–Kier alpha value is -1.06. The summed E-state index contributed by atoms with van der Waals surface area (Å²) in [6.45, 7) is 4.33. The number of anilines is 1. The second-order valence-corrected chi connectivity index (χ2v) is 5.20. The first-order valence-electron chi connectivity index (χ1n) is 5.62. The lowest BCUT2D eigenvalue weighted by atomic mass is 9.87. The van der Waals surface area contributed by atoms with Crippen molar-refractivity contribution in [3.8, 4) is 0 Å². The van der Waals surface area contributed by atoms with Gasteiger partial charge in [-0.1, -0.05) is 25.4 Å². The van der Waals surface area contributed by atoms with Crippen molar-refractivity contribution < 1.29 is 4.79 Å². The Morgan fingerprint density at radius 2 is 1.88 bits per heavy atom. The quantitative estimate of drug-likeness (QED) is 0.898. The van der Waals surface area contributed by atoms with Crippen LogP contribution in [0.1, 0.15) is 20.3 Å². The van der Waals surface area contributed by atoms with Gasteiger partial charge < -0.3 is 10.6 Å². The summed E-state index contributed by atoms with van der Waals surface area (Å²) in [4.78, 5) is 13.9. The first-order chi connectivity index (χ1) is 7.88. The fourth-order valence-electron chi connectivity index (χ4n) is 1.70. The predicted octanol–water partition coefficient (Wildman–Crippen LogP) is 2.68. The zero-order valence-electron chi connectivity index (χ0n) is 10.5. The van der Waals surface area contributed by atoms with E-state index in [2.05, 4.69) is 0 Å². The van der Waals surface area contributed by atoms with Gasteiger partial charge in [-0.05, 0) is 37.2 Å². The van der Waals surface area contributed by atoms with E-state index in [0.717, 1.165) is 5.69 Å². The highest BCUT2D eigenvalue weighted by Gasteiger charge is 2.30. The van der Waals surface area contributed by atoms with Gasteiger partial charge in [-0.3, -0.25) is 4.79 Å². The van der Waals surface area contributed by atoms with Crippen molar-refractivity contribution in [2.45, 2.75) is 20.3 Å². The molecule has 0 aliphatic carbocycles. The fraction of sp³-hybridized carbons (Fsp3) is 0.462. The van der Waals surface area contributed by atoms with Gasteiger partial charge in [-0.2, -0.15) is 0 Å². The van der Waals surface area contributed by atoms with Crippen LogP contribution in [-0.4, -0.2) is 19.5 Å². The van der Waals surface area contributed by atoms with E-state index in [1.165, 1.54) is 0 Å². The minimum absolute atomic E-state index is 0.0604. The van der Waals surface area contributed by atoms with E-state index >= 15 is 0 Å². The Bertz CT molecular complexity index is 387. The summed E-state index contributed by atoms with van der Waals surface area (Å²) < 4.78 is 0. The maximum atomic E-state index is 12.3. The van der Waals surface area contributed by atoms with Crippen molar-refractivity contribution in [3.63, 3.8) is 0 Å². The van der Waals surface area contributed by atoms with E-state index in [-0.39, 0.29) is 5.91 Å². The van der Waals surface area contributed by atoms with E-state index in [1.807, 2.05) is 26.0 Å². The summed E-state index contributed by atoms with van der Waals surface area (Å²) in [6, 6.07) is 7.21. The second kappa shape index (κ2) is 5.52. The minimum atomic E-state index is -0.441. The molecule has 0 saturated carbocycles. The van der Waals surface area contributed by atoms with E-state index < -0.39 is 5.41 Å². The molecule has 1 amide bonds. The summed E-state index contributed by atoms with van der Waals surface area (Å²) in [5, 5.41) is 0.663. The standard InChI is InChI=1S/C13H19ClN2O/c1-13(2,8-9-15)12(17)16(3)11-6-4-10(14)5-7-11/h4-7H,8-9,15H2,1-3H3. The third kappa shape index (κ3) is 3.45.